The zero-order valence-corrected chi connectivity index (χ0v) is 10.3. The van der Waals surface area contributed by atoms with Gasteiger partial charge in [0.15, 0.2) is 0 Å². The highest BCUT2D eigenvalue weighted by Crippen LogP contribution is 2.30. The van der Waals surface area contributed by atoms with Crippen LogP contribution in [0.2, 0.25) is 5.02 Å². The number of halogens is 1. The maximum absolute atomic E-state index is 10.9. The molecule has 0 bridgehead atoms. The average Bonchev–Trinajstić information content (AvgIpc) is 2.39. The lowest BCUT2D eigenvalue weighted by atomic mass is 10.3. The smallest absolute Gasteiger partial charge is 0.311 e. The van der Waals surface area contributed by atoms with E-state index in [1.165, 1.54) is 18.3 Å². The van der Waals surface area contributed by atoms with Crippen LogP contribution in [0, 0.1) is 10.1 Å². The molecule has 0 unspecified atom stereocenters. The van der Waals surface area contributed by atoms with Crippen molar-refractivity contribution in [3.05, 3.63) is 57.7 Å². The molecule has 1 heterocycles. The molecule has 0 spiro atoms. The van der Waals surface area contributed by atoms with Crippen molar-refractivity contribution in [1.29, 1.82) is 0 Å². The standard InChI is InChI=1S/C12H10ClN3O2/c1-15(10-6-4-9(13)5-7-10)12-11(16(17)18)3-2-8-14-12/h2-8H,1H3. The minimum atomic E-state index is -0.450. The van der Waals surface area contributed by atoms with Gasteiger partial charge in [-0.15, -0.1) is 0 Å². The molecule has 0 atom stereocenters. The number of aromatic nitrogens is 1. The first-order valence-corrected chi connectivity index (χ1v) is 5.56. The summed E-state index contributed by atoms with van der Waals surface area (Å²) in [5.74, 6) is 0.296. The summed E-state index contributed by atoms with van der Waals surface area (Å²) in [4.78, 5) is 16.2. The van der Waals surface area contributed by atoms with Gasteiger partial charge in [0.2, 0.25) is 5.82 Å². The van der Waals surface area contributed by atoms with E-state index in [0.29, 0.717) is 10.8 Å². The second kappa shape index (κ2) is 5.01. The van der Waals surface area contributed by atoms with Crippen molar-refractivity contribution in [2.45, 2.75) is 0 Å². The topological polar surface area (TPSA) is 59.3 Å². The van der Waals surface area contributed by atoms with Crippen LogP contribution in [0.15, 0.2) is 42.6 Å². The molecule has 0 saturated heterocycles. The number of nitro groups is 1. The van der Waals surface area contributed by atoms with E-state index in [1.807, 2.05) is 0 Å². The molecular weight excluding hydrogens is 254 g/mol. The van der Waals surface area contributed by atoms with Gasteiger partial charge in [-0.25, -0.2) is 4.98 Å². The van der Waals surface area contributed by atoms with Gasteiger partial charge in [-0.3, -0.25) is 10.1 Å². The predicted octanol–water partition coefficient (Wildman–Crippen LogP) is 3.41. The van der Waals surface area contributed by atoms with Gasteiger partial charge in [-0.05, 0) is 30.3 Å². The Bertz CT molecular complexity index is 572. The minimum Gasteiger partial charge on any atom is -0.324 e. The lowest BCUT2D eigenvalue weighted by Crippen LogP contribution is -2.12. The Morgan fingerprint density at radius 2 is 1.94 bits per heavy atom. The largest absolute Gasteiger partial charge is 0.324 e. The minimum absolute atomic E-state index is 0.0325. The van der Waals surface area contributed by atoms with Crippen LogP contribution in [0.1, 0.15) is 0 Å². The van der Waals surface area contributed by atoms with Crippen molar-refractivity contribution in [1.82, 2.24) is 4.98 Å². The van der Waals surface area contributed by atoms with Gasteiger partial charge < -0.3 is 4.90 Å². The summed E-state index contributed by atoms with van der Waals surface area (Å²) in [5, 5.41) is 11.5. The Hall–Kier alpha value is -2.14. The molecule has 0 fully saturated rings. The number of anilines is 2. The summed E-state index contributed by atoms with van der Waals surface area (Å²) in [5.41, 5.74) is 0.746. The molecule has 92 valence electrons. The Morgan fingerprint density at radius 3 is 2.56 bits per heavy atom. The third-order valence-corrected chi connectivity index (χ3v) is 2.75. The van der Waals surface area contributed by atoms with Crippen LogP contribution in [0.25, 0.3) is 0 Å². The number of rotatable bonds is 3. The summed E-state index contributed by atoms with van der Waals surface area (Å²) in [6, 6.07) is 9.97. The molecule has 0 aliphatic carbocycles. The normalized spacial score (nSPS) is 10.1. The molecular formula is C12H10ClN3O2. The summed E-state index contributed by atoms with van der Waals surface area (Å²) >= 11 is 5.80. The van der Waals surface area contributed by atoms with Crippen LogP contribution in [0.3, 0.4) is 0 Å². The first kappa shape index (κ1) is 12.3. The first-order valence-electron chi connectivity index (χ1n) is 5.18. The lowest BCUT2D eigenvalue weighted by Gasteiger charge is -2.17. The van der Waals surface area contributed by atoms with Crippen LogP contribution in [0.4, 0.5) is 17.2 Å². The van der Waals surface area contributed by atoms with Crippen molar-refractivity contribution in [3.8, 4) is 0 Å². The van der Waals surface area contributed by atoms with E-state index in [-0.39, 0.29) is 5.69 Å². The third-order valence-electron chi connectivity index (χ3n) is 2.49. The molecule has 6 heteroatoms. The van der Waals surface area contributed by atoms with Crippen LogP contribution >= 0.6 is 11.6 Å². The number of hydrogen-bond acceptors (Lipinski definition) is 4. The monoisotopic (exact) mass is 263 g/mol. The Labute approximate surface area is 109 Å². The lowest BCUT2D eigenvalue weighted by molar-refractivity contribution is -0.384. The van der Waals surface area contributed by atoms with Gasteiger partial charge in [-0.2, -0.15) is 0 Å². The molecule has 1 aromatic heterocycles. The molecule has 0 aliphatic rings. The quantitative estimate of drug-likeness (QED) is 0.629. The van der Waals surface area contributed by atoms with Crippen molar-refractivity contribution in [3.63, 3.8) is 0 Å². The maximum Gasteiger partial charge on any atom is 0.311 e. The molecule has 2 rings (SSSR count). The summed E-state index contributed by atoms with van der Waals surface area (Å²) in [6.07, 6.45) is 1.52. The second-order valence-corrected chi connectivity index (χ2v) is 4.08. The molecule has 0 N–H and O–H groups in total. The summed E-state index contributed by atoms with van der Waals surface area (Å²) in [7, 11) is 1.72. The molecule has 18 heavy (non-hydrogen) atoms. The highest BCUT2D eigenvalue weighted by Gasteiger charge is 2.18. The average molecular weight is 264 g/mol. The maximum atomic E-state index is 10.9. The Balaban J connectivity index is 2.42. The predicted molar refractivity (Wildman–Crippen MR) is 70.4 cm³/mol. The van der Waals surface area contributed by atoms with E-state index in [2.05, 4.69) is 4.98 Å². The van der Waals surface area contributed by atoms with Crippen molar-refractivity contribution in [2.75, 3.05) is 11.9 Å². The number of pyridine rings is 1. The third kappa shape index (κ3) is 2.41. The number of hydrogen-bond donors (Lipinski definition) is 0. The van der Waals surface area contributed by atoms with Gasteiger partial charge >= 0.3 is 5.69 Å². The van der Waals surface area contributed by atoms with E-state index in [4.69, 9.17) is 11.6 Å². The van der Waals surface area contributed by atoms with Gasteiger partial charge in [0, 0.05) is 30.0 Å². The van der Waals surface area contributed by atoms with Gasteiger partial charge in [-0.1, -0.05) is 11.6 Å². The summed E-state index contributed by atoms with van der Waals surface area (Å²) in [6.45, 7) is 0. The first-order chi connectivity index (χ1) is 8.59. The Morgan fingerprint density at radius 1 is 1.28 bits per heavy atom. The van der Waals surface area contributed by atoms with E-state index in [1.54, 1.807) is 36.2 Å². The molecule has 0 aliphatic heterocycles. The zero-order valence-electron chi connectivity index (χ0n) is 9.58. The van der Waals surface area contributed by atoms with E-state index in [9.17, 15) is 10.1 Å². The van der Waals surface area contributed by atoms with Crippen LogP contribution < -0.4 is 4.90 Å². The second-order valence-electron chi connectivity index (χ2n) is 3.64. The molecule has 1 aromatic carbocycles. The van der Waals surface area contributed by atoms with Crippen LogP contribution in [-0.4, -0.2) is 17.0 Å². The van der Waals surface area contributed by atoms with Gasteiger partial charge in [0.1, 0.15) is 0 Å². The van der Waals surface area contributed by atoms with Crippen molar-refractivity contribution in [2.24, 2.45) is 0 Å². The highest BCUT2D eigenvalue weighted by atomic mass is 35.5. The molecule has 5 nitrogen and oxygen atoms in total. The molecule has 2 aromatic rings. The van der Waals surface area contributed by atoms with E-state index >= 15 is 0 Å². The fraction of sp³-hybridized carbons (Fsp3) is 0.0833. The number of nitrogens with zero attached hydrogens (tertiary/aromatic N) is 3. The molecule has 0 amide bonds. The van der Waals surface area contributed by atoms with Gasteiger partial charge in [0.05, 0.1) is 4.92 Å². The number of benzene rings is 1. The molecule has 0 radical (unpaired) electrons. The molecule has 0 saturated carbocycles. The SMILES string of the molecule is CN(c1ccc(Cl)cc1)c1ncccc1[N+](=O)[O-]. The fourth-order valence-electron chi connectivity index (χ4n) is 1.58. The Kier molecular flexibility index (Phi) is 3.43. The zero-order chi connectivity index (χ0) is 13.1. The van der Waals surface area contributed by atoms with Gasteiger partial charge in [0.25, 0.3) is 0 Å². The summed E-state index contributed by atoms with van der Waals surface area (Å²) < 4.78 is 0. The van der Waals surface area contributed by atoms with E-state index < -0.39 is 4.92 Å². The van der Waals surface area contributed by atoms with Crippen molar-refractivity contribution < 1.29 is 4.92 Å². The van der Waals surface area contributed by atoms with E-state index in [0.717, 1.165) is 5.69 Å². The fourth-order valence-corrected chi connectivity index (χ4v) is 1.70. The van der Waals surface area contributed by atoms with Crippen molar-refractivity contribution >= 4 is 28.8 Å². The van der Waals surface area contributed by atoms with Crippen LogP contribution in [0.5, 0.6) is 0 Å². The van der Waals surface area contributed by atoms with Crippen LogP contribution in [-0.2, 0) is 0 Å². The highest BCUT2D eigenvalue weighted by molar-refractivity contribution is 6.30.